The van der Waals surface area contributed by atoms with Crippen LogP contribution in [0.15, 0.2) is 29.5 Å². The van der Waals surface area contributed by atoms with Gasteiger partial charge >= 0.3 is 0 Å². The molecule has 1 aliphatic carbocycles. The van der Waals surface area contributed by atoms with Crippen LogP contribution < -0.4 is 5.32 Å². The average molecular weight is 252 g/mol. The van der Waals surface area contributed by atoms with E-state index in [-0.39, 0.29) is 12.4 Å². The van der Waals surface area contributed by atoms with E-state index in [9.17, 15) is 4.79 Å². The van der Waals surface area contributed by atoms with E-state index in [0.717, 1.165) is 28.9 Å². The van der Waals surface area contributed by atoms with Gasteiger partial charge in [-0.15, -0.1) is 0 Å². The van der Waals surface area contributed by atoms with Gasteiger partial charge in [-0.2, -0.15) is 0 Å². The third-order valence-corrected chi connectivity index (χ3v) is 3.29. The van der Waals surface area contributed by atoms with Gasteiger partial charge in [0.1, 0.15) is 0 Å². The maximum Gasteiger partial charge on any atom is 0.160 e. The minimum Gasteiger partial charge on any atom is -0.392 e. The first-order valence-corrected chi connectivity index (χ1v) is 5.89. The summed E-state index contributed by atoms with van der Waals surface area (Å²) >= 11 is 6.09. The van der Waals surface area contributed by atoms with E-state index in [1.165, 1.54) is 0 Å². The first-order chi connectivity index (χ1) is 8.11. The Hall–Kier alpha value is -1.32. The Kier molecular flexibility index (Phi) is 3.50. The summed E-state index contributed by atoms with van der Waals surface area (Å²) in [5.41, 5.74) is 3.27. The highest BCUT2D eigenvalue weighted by Crippen LogP contribution is 2.29. The molecule has 0 aliphatic heterocycles. The SMILES string of the molecule is CC1=C(Nc2ccc(CO)cc2Cl)CCC1=O. The Balaban J connectivity index is 2.22. The highest BCUT2D eigenvalue weighted by molar-refractivity contribution is 6.33. The summed E-state index contributed by atoms with van der Waals surface area (Å²) in [6.07, 6.45) is 1.31. The number of nitrogens with one attached hydrogen (secondary N) is 1. The molecule has 0 spiro atoms. The number of hydrogen-bond donors (Lipinski definition) is 2. The number of benzene rings is 1. The number of anilines is 1. The molecule has 0 saturated carbocycles. The number of aliphatic hydroxyl groups excluding tert-OH is 1. The molecule has 4 heteroatoms. The van der Waals surface area contributed by atoms with Crippen molar-refractivity contribution in [3.63, 3.8) is 0 Å². The smallest absolute Gasteiger partial charge is 0.160 e. The highest BCUT2D eigenvalue weighted by Gasteiger charge is 2.19. The minimum atomic E-state index is -0.0276. The molecule has 0 aromatic heterocycles. The van der Waals surface area contributed by atoms with Crippen molar-refractivity contribution < 1.29 is 9.90 Å². The van der Waals surface area contributed by atoms with E-state index >= 15 is 0 Å². The zero-order valence-corrected chi connectivity index (χ0v) is 10.3. The Labute approximate surface area is 105 Å². The standard InChI is InChI=1S/C13H14ClNO2/c1-8-11(4-5-13(8)17)15-12-3-2-9(7-16)6-10(12)14/h2-3,6,15-16H,4-5,7H2,1H3. The molecule has 0 bridgehead atoms. The van der Waals surface area contributed by atoms with Gasteiger partial charge in [-0.1, -0.05) is 17.7 Å². The topological polar surface area (TPSA) is 49.3 Å². The van der Waals surface area contributed by atoms with Crippen LogP contribution in [0.3, 0.4) is 0 Å². The van der Waals surface area contributed by atoms with E-state index < -0.39 is 0 Å². The first kappa shape index (κ1) is 12.1. The first-order valence-electron chi connectivity index (χ1n) is 5.51. The van der Waals surface area contributed by atoms with Crippen molar-refractivity contribution in [2.45, 2.75) is 26.4 Å². The van der Waals surface area contributed by atoms with Gasteiger partial charge in [-0.3, -0.25) is 4.79 Å². The number of allylic oxidation sites excluding steroid dienone is 2. The fraction of sp³-hybridized carbons (Fsp3) is 0.308. The van der Waals surface area contributed by atoms with Crippen LogP contribution in [0, 0.1) is 0 Å². The highest BCUT2D eigenvalue weighted by atomic mass is 35.5. The van der Waals surface area contributed by atoms with Crippen LogP contribution in [0.1, 0.15) is 25.3 Å². The molecule has 2 rings (SSSR count). The molecule has 0 amide bonds. The molecule has 0 atom stereocenters. The van der Waals surface area contributed by atoms with Crippen LogP contribution in [0.4, 0.5) is 5.69 Å². The number of ketones is 1. The summed E-state index contributed by atoms with van der Waals surface area (Å²) < 4.78 is 0. The van der Waals surface area contributed by atoms with E-state index in [2.05, 4.69) is 5.32 Å². The molecule has 1 aliphatic rings. The van der Waals surface area contributed by atoms with E-state index in [1.54, 1.807) is 12.1 Å². The number of aliphatic hydroxyl groups is 1. The van der Waals surface area contributed by atoms with E-state index in [0.29, 0.717) is 11.4 Å². The lowest BCUT2D eigenvalue weighted by atomic mass is 10.2. The summed E-state index contributed by atoms with van der Waals surface area (Å²) in [6, 6.07) is 5.34. The van der Waals surface area contributed by atoms with Gasteiger partial charge in [0.25, 0.3) is 0 Å². The molecule has 0 heterocycles. The number of carbonyl (C=O) groups is 1. The van der Waals surface area contributed by atoms with Crippen molar-refractivity contribution in [2.24, 2.45) is 0 Å². The van der Waals surface area contributed by atoms with Crippen molar-refractivity contribution in [2.75, 3.05) is 5.32 Å². The van der Waals surface area contributed by atoms with Crippen LogP contribution in [0.2, 0.25) is 5.02 Å². The molecule has 2 N–H and O–H groups in total. The lowest BCUT2D eigenvalue weighted by Gasteiger charge is -2.10. The van der Waals surface area contributed by atoms with Crippen LogP contribution in [-0.2, 0) is 11.4 Å². The molecule has 17 heavy (non-hydrogen) atoms. The third kappa shape index (κ3) is 2.51. The van der Waals surface area contributed by atoms with Crippen LogP contribution >= 0.6 is 11.6 Å². The summed E-state index contributed by atoms with van der Waals surface area (Å²) in [5.74, 6) is 0.190. The van der Waals surface area contributed by atoms with Crippen LogP contribution in [0.25, 0.3) is 0 Å². The lowest BCUT2D eigenvalue weighted by Crippen LogP contribution is -2.00. The van der Waals surface area contributed by atoms with Crippen molar-refractivity contribution in [3.05, 3.63) is 40.1 Å². The second kappa shape index (κ2) is 4.90. The minimum absolute atomic E-state index is 0.0276. The molecule has 0 unspecified atom stereocenters. The summed E-state index contributed by atoms with van der Waals surface area (Å²) in [4.78, 5) is 11.4. The largest absolute Gasteiger partial charge is 0.392 e. The molecule has 1 aromatic carbocycles. The van der Waals surface area contributed by atoms with E-state index in [4.69, 9.17) is 16.7 Å². The Morgan fingerprint density at radius 1 is 1.41 bits per heavy atom. The van der Waals surface area contributed by atoms with Crippen LogP contribution in [-0.4, -0.2) is 10.9 Å². The zero-order valence-electron chi connectivity index (χ0n) is 9.59. The Morgan fingerprint density at radius 3 is 2.71 bits per heavy atom. The Bertz CT molecular complexity index is 494. The number of carbonyl (C=O) groups excluding carboxylic acids is 1. The fourth-order valence-electron chi connectivity index (χ4n) is 1.86. The molecule has 3 nitrogen and oxygen atoms in total. The number of hydrogen-bond acceptors (Lipinski definition) is 3. The predicted molar refractivity (Wildman–Crippen MR) is 67.9 cm³/mol. The van der Waals surface area contributed by atoms with Gasteiger partial charge in [0, 0.05) is 17.7 Å². The van der Waals surface area contributed by atoms with E-state index in [1.807, 2.05) is 13.0 Å². The van der Waals surface area contributed by atoms with Crippen molar-refractivity contribution in [3.8, 4) is 0 Å². The molecule has 90 valence electrons. The normalized spacial score (nSPS) is 15.6. The second-order valence-electron chi connectivity index (χ2n) is 4.12. The maximum atomic E-state index is 11.4. The molecular formula is C13H14ClNO2. The van der Waals surface area contributed by atoms with Gasteiger partial charge in [0.15, 0.2) is 5.78 Å². The lowest BCUT2D eigenvalue weighted by molar-refractivity contribution is -0.114. The number of Topliss-reactive ketones (excluding diaryl/α,β-unsaturated/α-hetero) is 1. The zero-order chi connectivity index (χ0) is 12.4. The second-order valence-corrected chi connectivity index (χ2v) is 4.53. The van der Waals surface area contributed by atoms with Gasteiger partial charge in [-0.25, -0.2) is 0 Å². The summed E-state index contributed by atoms with van der Waals surface area (Å²) in [6.45, 7) is 1.80. The molecule has 0 radical (unpaired) electrons. The van der Waals surface area contributed by atoms with Crippen LogP contribution in [0.5, 0.6) is 0 Å². The molecule has 0 saturated heterocycles. The van der Waals surface area contributed by atoms with Crippen molar-refractivity contribution >= 4 is 23.1 Å². The van der Waals surface area contributed by atoms with Gasteiger partial charge in [0.2, 0.25) is 0 Å². The third-order valence-electron chi connectivity index (χ3n) is 2.97. The molecular weight excluding hydrogens is 238 g/mol. The van der Waals surface area contributed by atoms with Crippen molar-refractivity contribution in [1.82, 2.24) is 0 Å². The van der Waals surface area contributed by atoms with Gasteiger partial charge in [0.05, 0.1) is 17.3 Å². The Morgan fingerprint density at radius 2 is 2.18 bits per heavy atom. The van der Waals surface area contributed by atoms with Crippen molar-refractivity contribution in [1.29, 1.82) is 0 Å². The fourth-order valence-corrected chi connectivity index (χ4v) is 2.11. The average Bonchev–Trinajstić information content (AvgIpc) is 2.63. The van der Waals surface area contributed by atoms with Gasteiger partial charge < -0.3 is 10.4 Å². The maximum absolute atomic E-state index is 11.4. The summed E-state index contributed by atoms with van der Waals surface area (Å²) in [7, 11) is 0. The van der Waals surface area contributed by atoms with Gasteiger partial charge in [-0.05, 0) is 31.0 Å². The monoisotopic (exact) mass is 251 g/mol. The summed E-state index contributed by atoms with van der Waals surface area (Å²) in [5, 5.41) is 12.7. The number of rotatable bonds is 3. The molecule has 0 fully saturated rings. The quantitative estimate of drug-likeness (QED) is 0.869. The number of halogens is 1. The predicted octanol–water partition coefficient (Wildman–Crippen LogP) is 2.88. The molecule has 1 aromatic rings.